The van der Waals surface area contributed by atoms with Gasteiger partial charge in [-0.1, -0.05) is 35.0 Å². The van der Waals surface area contributed by atoms with Crippen molar-refractivity contribution in [2.45, 2.75) is 19.8 Å². The van der Waals surface area contributed by atoms with Crippen molar-refractivity contribution in [1.29, 1.82) is 0 Å². The average Bonchev–Trinajstić information content (AvgIpc) is 2.86. The second-order valence-corrected chi connectivity index (χ2v) is 6.59. The monoisotopic (exact) mass is 367 g/mol. The molecule has 2 aromatic rings. The van der Waals surface area contributed by atoms with Crippen molar-refractivity contribution in [2.75, 3.05) is 0 Å². The molecule has 0 saturated carbocycles. The van der Waals surface area contributed by atoms with E-state index < -0.39 is 11.9 Å². The largest absolute Gasteiger partial charge is 0.481 e. The fourth-order valence-electron chi connectivity index (χ4n) is 1.85. The van der Waals surface area contributed by atoms with Gasteiger partial charge < -0.3 is 5.11 Å². The van der Waals surface area contributed by atoms with Gasteiger partial charge >= 0.3 is 5.97 Å². The van der Waals surface area contributed by atoms with E-state index >= 15 is 0 Å². The molecule has 110 valence electrons. The van der Waals surface area contributed by atoms with Crippen LogP contribution in [0.4, 0.5) is 0 Å². The number of hydrogen-bond donors (Lipinski definition) is 1. The lowest BCUT2D eigenvalue weighted by Crippen LogP contribution is -2.16. The molecule has 1 heterocycles. The predicted octanol–water partition coefficient (Wildman–Crippen LogP) is 3.80. The molecule has 0 fully saturated rings. The molecule has 0 saturated heterocycles. The number of carboxylic acid groups (broad SMARTS) is 1. The van der Waals surface area contributed by atoms with Crippen LogP contribution in [0.1, 0.15) is 19.0 Å². The number of Topliss-reactive ketones (excluding diaryl/α,β-unsaturated/α-hetero) is 1. The van der Waals surface area contributed by atoms with Crippen LogP contribution in [0.3, 0.4) is 0 Å². The fourth-order valence-corrected chi connectivity index (χ4v) is 3.06. The van der Waals surface area contributed by atoms with Crippen LogP contribution in [0.5, 0.6) is 0 Å². The van der Waals surface area contributed by atoms with E-state index in [4.69, 9.17) is 5.11 Å². The molecule has 1 aromatic carbocycles. The van der Waals surface area contributed by atoms with Crippen LogP contribution >= 0.6 is 27.3 Å². The lowest BCUT2D eigenvalue weighted by atomic mass is 10.0. The lowest BCUT2D eigenvalue weighted by Gasteiger charge is -2.03. The van der Waals surface area contributed by atoms with Crippen LogP contribution in [-0.4, -0.2) is 21.8 Å². The molecule has 0 aliphatic carbocycles. The summed E-state index contributed by atoms with van der Waals surface area (Å²) in [7, 11) is 0. The summed E-state index contributed by atoms with van der Waals surface area (Å²) in [6, 6.07) is 7.80. The van der Waals surface area contributed by atoms with E-state index in [1.165, 1.54) is 18.3 Å². The van der Waals surface area contributed by atoms with Crippen molar-refractivity contribution in [3.8, 4) is 10.6 Å². The first kappa shape index (κ1) is 15.9. The molecule has 2 rings (SSSR count). The molecule has 21 heavy (non-hydrogen) atoms. The van der Waals surface area contributed by atoms with Gasteiger partial charge in [-0.3, -0.25) is 9.59 Å². The number of carboxylic acids is 1. The summed E-state index contributed by atoms with van der Waals surface area (Å²) in [5.41, 5.74) is 1.68. The number of benzene rings is 1. The number of thiazole rings is 1. The van der Waals surface area contributed by atoms with Gasteiger partial charge in [-0.05, 0) is 12.1 Å². The molecule has 1 N–H and O–H groups in total. The Morgan fingerprint density at radius 3 is 2.86 bits per heavy atom. The molecular formula is C15H14BrNO3S. The molecule has 0 amide bonds. The van der Waals surface area contributed by atoms with Gasteiger partial charge in [0.1, 0.15) is 10.8 Å². The molecular weight excluding hydrogens is 354 g/mol. The van der Waals surface area contributed by atoms with E-state index in [0.717, 1.165) is 15.0 Å². The number of rotatable bonds is 6. The molecule has 0 unspecified atom stereocenters. The molecule has 0 aliphatic heterocycles. The molecule has 6 heteroatoms. The average molecular weight is 368 g/mol. The van der Waals surface area contributed by atoms with Crippen molar-refractivity contribution in [2.24, 2.45) is 5.92 Å². The summed E-state index contributed by atoms with van der Waals surface area (Å²) < 4.78 is 0.975. The summed E-state index contributed by atoms with van der Waals surface area (Å²) in [4.78, 5) is 27.0. The molecule has 4 nitrogen and oxygen atoms in total. The minimum absolute atomic E-state index is 0.0408. The maximum absolute atomic E-state index is 11.8. The SMILES string of the molecule is C[C@H](CC(=O)Cc1csc(-c2cccc(Br)c2)n1)C(=O)O. The number of nitrogens with zero attached hydrogens (tertiary/aromatic N) is 1. The molecule has 1 aromatic heterocycles. The quantitative estimate of drug-likeness (QED) is 0.842. The fraction of sp³-hybridized carbons (Fsp3) is 0.267. The Kier molecular flexibility index (Phi) is 5.25. The zero-order valence-electron chi connectivity index (χ0n) is 11.4. The van der Waals surface area contributed by atoms with Gasteiger partial charge in [0.05, 0.1) is 11.6 Å². The first-order valence-electron chi connectivity index (χ1n) is 6.40. The third-order valence-corrected chi connectivity index (χ3v) is 4.39. The normalized spacial score (nSPS) is 12.1. The third-order valence-electron chi connectivity index (χ3n) is 2.96. The Labute approximate surface area is 135 Å². The van der Waals surface area contributed by atoms with Crippen molar-refractivity contribution >= 4 is 39.0 Å². The minimum atomic E-state index is -0.948. The highest BCUT2D eigenvalue weighted by Crippen LogP contribution is 2.26. The third kappa shape index (κ3) is 4.47. The van der Waals surface area contributed by atoms with Crippen molar-refractivity contribution in [3.05, 3.63) is 39.8 Å². The molecule has 1 atom stereocenters. The van der Waals surface area contributed by atoms with Gasteiger partial charge in [-0.25, -0.2) is 4.98 Å². The summed E-state index contributed by atoms with van der Waals surface area (Å²) in [5.74, 6) is -1.70. The number of aliphatic carboxylic acids is 1. The second kappa shape index (κ2) is 6.95. The molecule has 0 bridgehead atoms. The van der Waals surface area contributed by atoms with Crippen molar-refractivity contribution in [1.82, 2.24) is 4.98 Å². The Bertz CT molecular complexity index is 668. The Morgan fingerprint density at radius 1 is 1.43 bits per heavy atom. The minimum Gasteiger partial charge on any atom is -0.481 e. The number of carbonyl (C=O) groups excluding carboxylic acids is 1. The zero-order chi connectivity index (χ0) is 15.4. The summed E-state index contributed by atoms with van der Waals surface area (Å²) in [5, 5.41) is 11.5. The number of ketones is 1. The van der Waals surface area contributed by atoms with Gasteiger partial charge in [-0.2, -0.15) is 0 Å². The van der Waals surface area contributed by atoms with Crippen molar-refractivity contribution in [3.63, 3.8) is 0 Å². The second-order valence-electron chi connectivity index (χ2n) is 4.81. The summed E-state index contributed by atoms with van der Waals surface area (Å²) in [6.07, 6.45) is 0.223. The first-order chi connectivity index (χ1) is 9.95. The summed E-state index contributed by atoms with van der Waals surface area (Å²) >= 11 is 4.89. The van der Waals surface area contributed by atoms with Crippen LogP contribution < -0.4 is 0 Å². The van der Waals surface area contributed by atoms with E-state index in [1.807, 2.05) is 29.6 Å². The van der Waals surface area contributed by atoms with E-state index in [1.54, 1.807) is 0 Å². The van der Waals surface area contributed by atoms with Crippen LogP contribution in [0.2, 0.25) is 0 Å². The molecule has 0 spiro atoms. The van der Waals surface area contributed by atoms with Gasteiger partial charge in [0, 0.05) is 28.3 Å². The standard InChI is InChI=1S/C15H14BrNO3S/c1-9(15(19)20)5-13(18)7-12-8-21-14(17-12)10-3-2-4-11(16)6-10/h2-4,6,8-9H,5,7H2,1H3,(H,19,20)/t9-/m1/s1. The zero-order valence-corrected chi connectivity index (χ0v) is 13.8. The van der Waals surface area contributed by atoms with Crippen LogP contribution in [0, 0.1) is 5.92 Å². The number of halogens is 1. The van der Waals surface area contributed by atoms with Crippen LogP contribution in [0.15, 0.2) is 34.1 Å². The Hall–Kier alpha value is -1.53. The highest BCUT2D eigenvalue weighted by Gasteiger charge is 2.17. The van der Waals surface area contributed by atoms with E-state index in [0.29, 0.717) is 5.69 Å². The number of aromatic nitrogens is 1. The van der Waals surface area contributed by atoms with Gasteiger partial charge in [-0.15, -0.1) is 11.3 Å². The van der Waals surface area contributed by atoms with Crippen LogP contribution in [0.25, 0.3) is 10.6 Å². The topological polar surface area (TPSA) is 67.3 Å². The molecule has 0 radical (unpaired) electrons. The maximum Gasteiger partial charge on any atom is 0.306 e. The maximum atomic E-state index is 11.8. The Balaban J connectivity index is 2.03. The summed E-state index contributed by atoms with van der Waals surface area (Å²) in [6.45, 7) is 1.54. The smallest absolute Gasteiger partial charge is 0.306 e. The Morgan fingerprint density at radius 2 is 2.19 bits per heavy atom. The highest BCUT2D eigenvalue weighted by molar-refractivity contribution is 9.10. The highest BCUT2D eigenvalue weighted by atomic mass is 79.9. The van der Waals surface area contributed by atoms with Crippen molar-refractivity contribution < 1.29 is 14.7 Å². The molecule has 0 aliphatic rings. The van der Waals surface area contributed by atoms with Gasteiger partial charge in [0.25, 0.3) is 0 Å². The van der Waals surface area contributed by atoms with E-state index in [9.17, 15) is 9.59 Å². The van der Waals surface area contributed by atoms with E-state index in [2.05, 4.69) is 20.9 Å². The van der Waals surface area contributed by atoms with Gasteiger partial charge in [0.2, 0.25) is 0 Å². The lowest BCUT2D eigenvalue weighted by molar-refractivity contribution is -0.143. The number of hydrogen-bond acceptors (Lipinski definition) is 4. The van der Waals surface area contributed by atoms with E-state index in [-0.39, 0.29) is 18.6 Å². The predicted molar refractivity (Wildman–Crippen MR) is 85.4 cm³/mol. The van der Waals surface area contributed by atoms with Gasteiger partial charge in [0.15, 0.2) is 0 Å². The van der Waals surface area contributed by atoms with Crippen LogP contribution in [-0.2, 0) is 16.0 Å². The first-order valence-corrected chi connectivity index (χ1v) is 8.08. The number of carbonyl (C=O) groups is 2.